The van der Waals surface area contributed by atoms with Gasteiger partial charge < -0.3 is 16.4 Å². The summed E-state index contributed by atoms with van der Waals surface area (Å²) >= 11 is 0. The summed E-state index contributed by atoms with van der Waals surface area (Å²) in [5.74, 6) is 0. The molecule has 5 N–H and O–H groups in total. The van der Waals surface area contributed by atoms with E-state index in [4.69, 9.17) is 4.79 Å². The molecule has 0 radical (unpaired) electrons. The molecule has 0 atom stereocenters. The van der Waals surface area contributed by atoms with Crippen LogP contribution in [0.5, 0.6) is 0 Å². The fourth-order valence-corrected chi connectivity index (χ4v) is 0.614. The highest BCUT2D eigenvalue weighted by Gasteiger charge is 2.05. The Morgan fingerprint density at radius 1 is 1.55 bits per heavy atom. The van der Waals surface area contributed by atoms with E-state index in [0.717, 1.165) is 26.2 Å². The van der Waals surface area contributed by atoms with Gasteiger partial charge in [-0.3, -0.25) is 10.1 Å². The molecule has 1 saturated heterocycles. The SMILES string of the molecule is NC(N)=O.O=CN1CCNC1. The highest BCUT2D eigenvalue weighted by Crippen LogP contribution is 1.83. The van der Waals surface area contributed by atoms with Gasteiger partial charge in [-0.2, -0.15) is 0 Å². The number of urea groups is 1. The summed E-state index contributed by atoms with van der Waals surface area (Å²) in [4.78, 5) is 20.6. The van der Waals surface area contributed by atoms with E-state index < -0.39 is 6.03 Å². The third kappa shape index (κ3) is 6.59. The van der Waals surface area contributed by atoms with Crippen LogP contribution in [-0.2, 0) is 4.79 Å². The van der Waals surface area contributed by atoms with E-state index in [9.17, 15) is 4.79 Å². The maximum atomic E-state index is 9.89. The summed E-state index contributed by atoms with van der Waals surface area (Å²) in [5, 5.41) is 3.02. The van der Waals surface area contributed by atoms with E-state index in [1.165, 1.54) is 0 Å². The minimum absolute atomic E-state index is 0.726. The zero-order valence-corrected chi connectivity index (χ0v) is 6.12. The fraction of sp³-hybridized carbons (Fsp3) is 0.600. The smallest absolute Gasteiger partial charge is 0.309 e. The topological polar surface area (TPSA) is 101 Å². The maximum absolute atomic E-state index is 9.89. The van der Waals surface area contributed by atoms with Gasteiger partial charge in [-0.25, -0.2) is 4.79 Å². The van der Waals surface area contributed by atoms with Gasteiger partial charge in [-0.15, -0.1) is 0 Å². The zero-order chi connectivity index (χ0) is 8.69. The lowest BCUT2D eigenvalue weighted by Gasteiger charge is -2.01. The predicted octanol–water partition coefficient (Wildman–Crippen LogP) is -1.97. The Morgan fingerprint density at radius 3 is 2.27 bits per heavy atom. The van der Waals surface area contributed by atoms with E-state index in [0.29, 0.717) is 0 Å². The van der Waals surface area contributed by atoms with Gasteiger partial charge in [0.05, 0.1) is 6.67 Å². The molecule has 0 aliphatic carbocycles. The molecule has 6 heteroatoms. The first kappa shape index (κ1) is 9.70. The van der Waals surface area contributed by atoms with E-state index in [1.807, 2.05) is 0 Å². The molecule has 0 aromatic carbocycles. The van der Waals surface area contributed by atoms with Crippen LogP contribution in [0.1, 0.15) is 0 Å². The largest absolute Gasteiger partial charge is 0.352 e. The molecule has 11 heavy (non-hydrogen) atoms. The van der Waals surface area contributed by atoms with E-state index >= 15 is 0 Å². The summed E-state index contributed by atoms with van der Waals surface area (Å²) in [5.41, 5.74) is 8.50. The quantitative estimate of drug-likeness (QED) is 0.388. The lowest BCUT2D eigenvalue weighted by atomic mass is 10.7. The molecule has 1 heterocycles. The molecule has 0 aromatic heterocycles. The Balaban J connectivity index is 0.000000218. The van der Waals surface area contributed by atoms with Gasteiger partial charge in [0.15, 0.2) is 0 Å². The molecule has 0 bridgehead atoms. The number of carbonyl (C=O) groups is 2. The fourth-order valence-electron chi connectivity index (χ4n) is 0.614. The summed E-state index contributed by atoms with van der Waals surface area (Å²) < 4.78 is 0. The number of hydrogen-bond acceptors (Lipinski definition) is 3. The Bertz CT molecular complexity index is 128. The molecular weight excluding hydrogens is 148 g/mol. The van der Waals surface area contributed by atoms with Gasteiger partial charge in [0, 0.05) is 13.1 Å². The van der Waals surface area contributed by atoms with Gasteiger partial charge in [0.1, 0.15) is 0 Å². The second-order valence-electron chi connectivity index (χ2n) is 1.98. The van der Waals surface area contributed by atoms with Crippen molar-refractivity contribution in [2.24, 2.45) is 11.5 Å². The average Bonchev–Trinajstić information content (AvgIpc) is 2.36. The number of hydrogen-bond donors (Lipinski definition) is 3. The van der Waals surface area contributed by atoms with Crippen molar-refractivity contribution >= 4 is 12.4 Å². The average molecular weight is 160 g/mol. The van der Waals surface area contributed by atoms with E-state index in [-0.39, 0.29) is 0 Å². The van der Waals surface area contributed by atoms with Crippen molar-refractivity contribution in [2.75, 3.05) is 19.8 Å². The van der Waals surface area contributed by atoms with Crippen LogP contribution in [0.4, 0.5) is 4.79 Å². The summed E-state index contributed by atoms with van der Waals surface area (Å²) in [6.07, 6.45) is 0.861. The second-order valence-corrected chi connectivity index (χ2v) is 1.98. The van der Waals surface area contributed by atoms with Crippen LogP contribution >= 0.6 is 0 Å². The first-order valence-corrected chi connectivity index (χ1v) is 3.11. The molecule has 1 rings (SSSR count). The number of rotatable bonds is 1. The van der Waals surface area contributed by atoms with Crippen molar-refractivity contribution in [1.29, 1.82) is 0 Å². The third-order valence-corrected chi connectivity index (χ3v) is 1.04. The van der Waals surface area contributed by atoms with Crippen molar-refractivity contribution in [3.05, 3.63) is 0 Å². The van der Waals surface area contributed by atoms with Crippen molar-refractivity contribution in [1.82, 2.24) is 10.2 Å². The number of nitrogens with one attached hydrogen (secondary N) is 1. The molecule has 0 spiro atoms. The van der Waals surface area contributed by atoms with Crippen molar-refractivity contribution < 1.29 is 9.59 Å². The van der Waals surface area contributed by atoms with E-state index in [2.05, 4.69) is 16.8 Å². The highest BCUT2D eigenvalue weighted by atomic mass is 16.2. The molecule has 0 saturated carbocycles. The maximum Gasteiger partial charge on any atom is 0.309 e. The van der Waals surface area contributed by atoms with Crippen molar-refractivity contribution in [2.45, 2.75) is 0 Å². The van der Waals surface area contributed by atoms with Crippen molar-refractivity contribution in [3.63, 3.8) is 0 Å². The normalized spacial score (nSPS) is 15.1. The van der Waals surface area contributed by atoms with Crippen LogP contribution in [0, 0.1) is 0 Å². The van der Waals surface area contributed by atoms with Gasteiger partial charge in [0.2, 0.25) is 6.41 Å². The van der Waals surface area contributed by atoms with Gasteiger partial charge >= 0.3 is 6.03 Å². The minimum Gasteiger partial charge on any atom is -0.352 e. The van der Waals surface area contributed by atoms with Crippen LogP contribution in [0.15, 0.2) is 0 Å². The molecule has 1 aliphatic rings. The second kappa shape index (κ2) is 5.48. The summed E-state index contributed by atoms with van der Waals surface area (Å²) in [6.45, 7) is 2.53. The van der Waals surface area contributed by atoms with Crippen LogP contribution < -0.4 is 16.8 Å². The molecule has 1 fully saturated rings. The van der Waals surface area contributed by atoms with Crippen LogP contribution in [-0.4, -0.2) is 37.1 Å². The third-order valence-electron chi connectivity index (χ3n) is 1.04. The number of carbonyl (C=O) groups excluding carboxylic acids is 2. The highest BCUT2D eigenvalue weighted by molar-refractivity contribution is 5.69. The molecule has 6 nitrogen and oxygen atoms in total. The minimum atomic E-state index is -0.833. The number of nitrogens with two attached hydrogens (primary N) is 2. The first-order chi connectivity index (χ1) is 5.16. The molecule has 0 aromatic rings. The lowest BCUT2D eigenvalue weighted by Crippen LogP contribution is -2.19. The lowest BCUT2D eigenvalue weighted by molar-refractivity contribution is -0.117. The Labute approximate surface area is 64.5 Å². The standard InChI is InChI=1S/C4H8N2O.CH4N2O/c7-4-6-2-1-5-3-6;2-1(3)4/h4-5H,1-3H2;(H4,2,3,4). The predicted molar refractivity (Wildman–Crippen MR) is 39.4 cm³/mol. The molecule has 1 aliphatic heterocycles. The number of primary amides is 2. The molecular formula is C5H12N4O2. The van der Waals surface area contributed by atoms with Gasteiger partial charge in [-0.05, 0) is 0 Å². The zero-order valence-electron chi connectivity index (χ0n) is 6.12. The first-order valence-electron chi connectivity index (χ1n) is 3.11. The van der Waals surface area contributed by atoms with Crippen LogP contribution in [0.2, 0.25) is 0 Å². The number of amides is 3. The Kier molecular flexibility index (Phi) is 4.83. The van der Waals surface area contributed by atoms with Gasteiger partial charge in [-0.1, -0.05) is 0 Å². The Hall–Kier alpha value is -1.30. The Morgan fingerprint density at radius 2 is 2.09 bits per heavy atom. The van der Waals surface area contributed by atoms with Gasteiger partial charge in [0.25, 0.3) is 0 Å². The molecule has 64 valence electrons. The monoisotopic (exact) mass is 160 g/mol. The van der Waals surface area contributed by atoms with Crippen molar-refractivity contribution in [3.8, 4) is 0 Å². The molecule has 0 unspecified atom stereocenters. The summed E-state index contributed by atoms with van der Waals surface area (Å²) in [6, 6.07) is -0.833. The van der Waals surface area contributed by atoms with Crippen LogP contribution in [0.3, 0.4) is 0 Å². The van der Waals surface area contributed by atoms with Crippen LogP contribution in [0.25, 0.3) is 0 Å². The molecule has 3 amide bonds. The number of nitrogens with zero attached hydrogens (tertiary/aromatic N) is 1. The summed E-state index contributed by atoms with van der Waals surface area (Å²) in [7, 11) is 0. The van der Waals surface area contributed by atoms with E-state index in [1.54, 1.807) is 4.90 Å².